The van der Waals surface area contributed by atoms with Gasteiger partial charge in [-0.15, -0.1) is 0 Å². The minimum Gasteiger partial charge on any atom is -0.490 e. The number of fused-ring (bicyclic) bond motifs is 2. The Bertz CT molecular complexity index is 738. The first-order chi connectivity index (χ1) is 11.3. The lowest BCUT2D eigenvalue weighted by Crippen LogP contribution is -2.20. The van der Waals surface area contributed by atoms with Crippen molar-refractivity contribution in [2.24, 2.45) is 0 Å². The first-order valence-corrected chi connectivity index (χ1v) is 8.00. The first-order valence-electron chi connectivity index (χ1n) is 8.00. The number of ketones is 1. The molecule has 23 heavy (non-hydrogen) atoms. The average molecular weight is 310 g/mol. The third-order valence-corrected chi connectivity index (χ3v) is 4.22. The van der Waals surface area contributed by atoms with Crippen molar-refractivity contribution >= 4 is 5.78 Å². The van der Waals surface area contributed by atoms with Gasteiger partial charge < -0.3 is 14.2 Å². The third-order valence-electron chi connectivity index (χ3n) is 4.22. The maximum absolute atomic E-state index is 12.3. The van der Waals surface area contributed by atoms with Gasteiger partial charge in [0.1, 0.15) is 11.9 Å². The quantitative estimate of drug-likeness (QED) is 0.800. The third kappa shape index (κ3) is 2.77. The highest BCUT2D eigenvalue weighted by Gasteiger charge is 2.28. The number of hydrogen-bond acceptors (Lipinski definition) is 4. The zero-order chi connectivity index (χ0) is 15.6. The van der Waals surface area contributed by atoms with Crippen LogP contribution in [0, 0.1) is 0 Å². The lowest BCUT2D eigenvalue weighted by molar-refractivity contribution is 0.0849. The molecule has 0 aromatic heterocycles. The second-order valence-electron chi connectivity index (χ2n) is 5.84. The minimum absolute atomic E-state index is 0.112. The Labute approximate surface area is 135 Å². The van der Waals surface area contributed by atoms with Gasteiger partial charge in [-0.3, -0.25) is 4.79 Å². The fraction of sp³-hybridized carbons (Fsp3) is 0.316. The summed E-state index contributed by atoms with van der Waals surface area (Å²) in [5, 5.41) is 0. The van der Waals surface area contributed by atoms with E-state index >= 15 is 0 Å². The average Bonchev–Trinajstić information content (AvgIpc) is 2.55. The van der Waals surface area contributed by atoms with E-state index in [4.69, 9.17) is 14.2 Å². The van der Waals surface area contributed by atoms with E-state index in [-0.39, 0.29) is 11.9 Å². The van der Waals surface area contributed by atoms with Crippen molar-refractivity contribution in [1.29, 1.82) is 0 Å². The van der Waals surface area contributed by atoms with Crippen molar-refractivity contribution in [2.45, 2.75) is 25.4 Å². The van der Waals surface area contributed by atoms with Gasteiger partial charge in [-0.25, -0.2) is 0 Å². The number of para-hydroxylation sites is 1. The Morgan fingerprint density at radius 2 is 1.65 bits per heavy atom. The number of carbonyl (C=O) groups excluding carboxylic acids is 1. The Kier molecular flexibility index (Phi) is 3.66. The van der Waals surface area contributed by atoms with Crippen molar-refractivity contribution in [3.05, 3.63) is 53.6 Å². The normalized spacial score (nSPS) is 20.0. The number of rotatable bonds is 1. The van der Waals surface area contributed by atoms with Crippen molar-refractivity contribution in [3.8, 4) is 17.2 Å². The van der Waals surface area contributed by atoms with Crippen molar-refractivity contribution in [3.63, 3.8) is 0 Å². The van der Waals surface area contributed by atoms with Crippen LogP contribution in [0.15, 0.2) is 42.5 Å². The molecule has 0 N–H and O–H groups in total. The smallest absolute Gasteiger partial charge is 0.170 e. The van der Waals surface area contributed by atoms with Crippen LogP contribution < -0.4 is 14.2 Å². The van der Waals surface area contributed by atoms with Crippen LogP contribution in [0.2, 0.25) is 0 Å². The molecule has 0 amide bonds. The van der Waals surface area contributed by atoms with Crippen molar-refractivity contribution in [2.75, 3.05) is 13.2 Å². The minimum atomic E-state index is -0.281. The molecule has 2 aromatic rings. The summed E-state index contributed by atoms with van der Waals surface area (Å²) in [4.78, 5) is 12.3. The molecule has 4 nitrogen and oxygen atoms in total. The molecule has 0 saturated heterocycles. The van der Waals surface area contributed by atoms with Crippen LogP contribution in [0.25, 0.3) is 0 Å². The van der Waals surface area contributed by atoms with E-state index in [1.54, 1.807) is 0 Å². The Hall–Kier alpha value is -2.49. The van der Waals surface area contributed by atoms with E-state index in [0.29, 0.717) is 30.9 Å². The molecule has 2 aliphatic heterocycles. The lowest BCUT2D eigenvalue weighted by Gasteiger charge is -2.26. The zero-order valence-electron chi connectivity index (χ0n) is 12.8. The van der Waals surface area contributed by atoms with Gasteiger partial charge in [0.25, 0.3) is 0 Å². The molecule has 0 radical (unpaired) electrons. The summed E-state index contributed by atoms with van der Waals surface area (Å²) >= 11 is 0. The van der Waals surface area contributed by atoms with E-state index in [9.17, 15) is 4.79 Å². The molecule has 1 atom stereocenters. The molecule has 118 valence electrons. The first kappa shape index (κ1) is 14.1. The zero-order valence-corrected chi connectivity index (χ0v) is 12.8. The summed E-state index contributed by atoms with van der Waals surface area (Å²) in [6.07, 6.45) is 2.04. The maximum atomic E-state index is 12.3. The number of ether oxygens (including phenoxy) is 3. The van der Waals surface area contributed by atoms with Crippen LogP contribution in [0.4, 0.5) is 0 Å². The molecule has 0 bridgehead atoms. The molecular formula is C19H18O4. The molecule has 4 rings (SSSR count). The second-order valence-corrected chi connectivity index (χ2v) is 5.84. The van der Waals surface area contributed by atoms with Gasteiger partial charge in [-0.1, -0.05) is 18.2 Å². The summed E-state index contributed by atoms with van der Waals surface area (Å²) in [6, 6.07) is 13.2. The highest BCUT2D eigenvalue weighted by molar-refractivity contribution is 5.99. The fourth-order valence-corrected chi connectivity index (χ4v) is 2.98. The van der Waals surface area contributed by atoms with Crippen LogP contribution in [-0.4, -0.2) is 19.0 Å². The van der Waals surface area contributed by atoms with Gasteiger partial charge >= 0.3 is 0 Å². The molecule has 2 aliphatic rings. The molecular weight excluding hydrogens is 292 g/mol. The van der Waals surface area contributed by atoms with E-state index < -0.39 is 0 Å². The highest BCUT2D eigenvalue weighted by Crippen LogP contribution is 2.38. The highest BCUT2D eigenvalue weighted by atomic mass is 16.5. The topological polar surface area (TPSA) is 44.8 Å². The Morgan fingerprint density at radius 3 is 2.52 bits per heavy atom. The van der Waals surface area contributed by atoms with Gasteiger partial charge in [0.05, 0.1) is 25.2 Å². The predicted octanol–water partition coefficient (Wildman–Crippen LogP) is 3.94. The van der Waals surface area contributed by atoms with Gasteiger partial charge in [0.15, 0.2) is 17.3 Å². The summed E-state index contributed by atoms with van der Waals surface area (Å²) in [6.45, 7) is 1.40. The number of benzene rings is 2. The molecule has 0 aliphatic carbocycles. The Balaban J connectivity index is 1.64. The molecule has 2 aromatic carbocycles. The standard InChI is InChI=1S/C19H18O4/c20-15-12-18(23-16-6-2-1-5-14(15)16)13-7-8-17-19(11-13)22-10-4-3-9-21-17/h1-2,5-8,11,18H,3-4,9-10,12H2/t18-/m0/s1. The van der Waals surface area contributed by atoms with Gasteiger partial charge in [-0.2, -0.15) is 0 Å². The van der Waals surface area contributed by atoms with Crippen LogP contribution in [0.3, 0.4) is 0 Å². The van der Waals surface area contributed by atoms with Crippen molar-refractivity contribution < 1.29 is 19.0 Å². The van der Waals surface area contributed by atoms with Gasteiger partial charge in [-0.05, 0) is 42.7 Å². The van der Waals surface area contributed by atoms with Gasteiger partial charge in [0, 0.05) is 0 Å². The number of Topliss-reactive ketones (excluding diaryl/α,β-unsaturated/α-hetero) is 1. The largest absolute Gasteiger partial charge is 0.490 e. The number of carbonyl (C=O) groups is 1. The molecule has 2 heterocycles. The number of hydrogen-bond donors (Lipinski definition) is 0. The monoisotopic (exact) mass is 310 g/mol. The van der Waals surface area contributed by atoms with Crippen LogP contribution in [-0.2, 0) is 0 Å². The molecule has 0 fully saturated rings. The predicted molar refractivity (Wildman–Crippen MR) is 85.4 cm³/mol. The molecule has 4 heteroatoms. The lowest BCUT2D eigenvalue weighted by atomic mass is 9.96. The van der Waals surface area contributed by atoms with E-state index in [1.807, 2.05) is 42.5 Å². The molecule has 0 spiro atoms. The summed E-state index contributed by atoms with van der Waals surface area (Å²) < 4.78 is 17.5. The Morgan fingerprint density at radius 1 is 0.870 bits per heavy atom. The summed E-state index contributed by atoms with van der Waals surface area (Å²) in [5.41, 5.74) is 1.60. The molecule has 0 unspecified atom stereocenters. The van der Waals surface area contributed by atoms with Crippen LogP contribution in [0.1, 0.15) is 41.3 Å². The SMILES string of the molecule is O=C1C[C@@H](c2ccc3c(c2)OCCCCO3)Oc2ccccc21. The molecule has 0 saturated carbocycles. The van der Waals surface area contributed by atoms with E-state index in [1.165, 1.54) is 0 Å². The van der Waals surface area contributed by atoms with Crippen molar-refractivity contribution in [1.82, 2.24) is 0 Å². The van der Waals surface area contributed by atoms with Crippen LogP contribution in [0.5, 0.6) is 17.2 Å². The van der Waals surface area contributed by atoms with E-state index in [0.717, 1.165) is 29.9 Å². The summed E-state index contributed by atoms with van der Waals surface area (Å²) in [7, 11) is 0. The van der Waals surface area contributed by atoms with Gasteiger partial charge in [0.2, 0.25) is 0 Å². The fourth-order valence-electron chi connectivity index (χ4n) is 2.98. The maximum Gasteiger partial charge on any atom is 0.170 e. The summed E-state index contributed by atoms with van der Waals surface area (Å²) in [5.74, 6) is 2.26. The second kappa shape index (κ2) is 5.95. The van der Waals surface area contributed by atoms with Crippen LogP contribution >= 0.6 is 0 Å². The van der Waals surface area contributed by atoms with E-state index in [2.05, 4.69) is 0 Å².